The molecule has 6 rings (SSSR count). The van der Waals surface area contributed by atoms with Crippen LogP contribution in [0.4, 0.5) is 8.78 Å². The summed E-state index contributed by atoms with van der Waals surface area (Å²) in [6.07, 6.45) is 0.382. The quantitative estimate of drug-likeness (QED) is 0.382. The number of halogens is 2. The minimum atomic E-state index is -1.56. The summed E-state index contributed by atoms with van der Waals surface area (Å²) in [6.45, 7) is 1.69. The van der Waals surface area contributed by atoms with Crippen molar-refractivity contribution in [3.63, 3.8) is 0 Å². The third-order valence-corrected chi connectivity index (χ3v) is 7.33. The molecule has 0 spiro atoms. The number of benzene rings is 2. The second-order valence-corrected chi connectivity index (χ2v) is 9.40. The van der Waals surface area contributed by atoms with Crippen LogP contribution in [0.1, 0.15) is 47.6 Å². The van der Waals surface area contributed by atoms with Crippen molar-refractivity contribution in [2.75, 3.05) is 0 Å². The number of carbonyl (C=O) groups is 1. The van der Waals surface area contributed by atoms with Gasteiger partial charge < -0.3 is 14.4 Å². The normalized spacial score (nSPS) is 18.4. The number of rotatable bonds is 3. The molecule has 2 aromatic carbocycles. The average molecular weight is 488 g/mol. The van der Waals surface area contributed by atoms with Crippen molar-refractivity contribution in [1.29, 1.82) is 0 Å². The number of aromatic nitrogens is 2. The molecule has 2 aliphatic heterocycles. The summed E-state index contributed by atoms with van der Waals surface area (Å²) in [4.78, 5) is 30.4. The first kappa shape index (κ1) is 22.5. The number of hydrogen-bond acceptors (Lipinski definition) is 5. The number of esters is 1. The first-order valence-corrected chi connectivity index (χ1v) is 11.8. The Morgan fingerprint density at radius 2 is 1.83 bits per heavy atom. The average Bonchev–Trinajstić information content (AvgIpc) is 3.17. The minimum Gasteiger partial charge on any atom is -0.460 e. The molecular formula is C28H22F2N2O4. The van der Waals surface area contributed by atoms with E-state index in [9.17, 15) is 23.5 Å². The van der Waals surface area contributed by atoms with Crippen LogP contribution in [0.5, 0.6) is 0 Å². The van der Waals surface area contributed by atoms with Crippen LogP contribution >= 0.6 is 0 Å². The third-order valence-electron chi connectivity index (χ3n) is 7.33. The predicted molar refractivity (Wildman–Crippen MR) is 128 cm³/mol. The fourth-order valence-electron chi connectivity index (χ4n) is 5.36. The van der Waals surface area contributed by atoms with Crippen molar-refractivity contribution in [2.24, 2.45) is 0 Å². The lowest BCUT2D eigenvalue weighted by atomic mass is 9.85. The zero-order chi connectivity index (χ0) is 25.2. The molecule has 182 valence electrons. The van der Waals surface area contributed by atoms with E-state index < -0.39 is 23.2 Å². The monoisotopic (exact) mass is 488 g/mol. The summed E-state index contributed by atoms with van der Waals surface area (Å²) in [7, 11) is 0. The number of fused-ring (bicyclic) bond motifs is 5. The fourth-order valence-corrected chi connectivity index (χ4v) is 5.36. The number of aliphatic hydroxyl groups is 1. The molecule has 0 saturated carbocycles. The highest BCUT2D eigenvalue weighted by molar-refractivity contribution is 5.88. The van der Waals surface area contributed by atoms with Gasteiger partial charge in [-0.05, 0) is 41.7 Å². The van der Waals surface area contributed by atoms with Gasteiger partial charge in [-0.3, -0.25) is 9.59 Å². The Morgan fingerprint density at radius 3 is 2.58 bits per heavy atom. The highest BCUT2D eigenvalue weighted by atomic mass is 19.2. The van der Waals surface area contributed by atoms with Gasteiger partial charge in [0.15, 0.2) is 11.6 Å². The molecule has 0 unspecified atom stereocenters. The Morgan fingerprint density at radius 1 is 1.08 bits per heavy atom. The first-order chi connectivity index (χ1) is 17.3. The summed E-state index contributed by atoms with van der Waals surface area (Å²) in [5, 5.41) is 11.8. The predicted octanol–water partition coefficient (Wildman–Crippen LogP) is 4.34. The smallest absolute Gasteiger partial charge is 0.309 e. The van der Waals surface area contributed by atoms with Crippen LogP contribution in [0.15, 0.2) is 53.3 Å². The Hall–Kier alpha value is -3.91. The van der Waals surface area contributed by atoms with E-state index >= 15 is 0 Å². The second-order valence-electron chi connectivity index (χ2n) is 9.40. The van der Waals surface area contributed by atoms with Crippen molar-refractivity contribution < 1.29 is 23.4 Å². The molecule has 4 aromatic rings. The zero-order valence-corrected chi connectivity index (χ0v) is 19.5. The second kappa shape index (κ2) is 8.06. The zero-order valence-electron chi connectivity index (χ0n) is 19.5. The van der Waals surface area contributed by atoms with Crippen molar-refractivity contribution in [3.05, 3.63) is 98.3 Å². The molecule has 0 amide bonds. The van der Waals surface area contributed by atoms with E-state index in [0.717, 1.165) is 28.8 Å². The summed E-state index contributed by atoms with van der Waals surface area (Å²) in [5.41, 5.74) is 2.34. The lowest BCUT2D eigenvalue weighted by molar-refractivity contribution is -0.149. The molecule has 8 heteroatoms. The Balaban J connectivity index is 1.63. The lowest BCUT2D eigenvalue weighted by Crippen LogP contribution is -2.32. The molecule has 1 atom stereocenters. The number of carbonyl (C=O) groups excluding carboxylic acids is 1. The number of pyridine rings is 2. The van der Waals surface area contributed by atoms with E-state index in [1.165, 1.54) is 4.57 Å². The maximum atomic E-state index is 14.3. The van der Waals surface area contributed by atoms with Crippen molar-refractivity contribution in [3.8, 4) is 11.4 Å². The summed E-state index contributed by atoms with van der Waals surface area (Å²) < 4.78 is 35.3. The molecule has 0 radical (unpaired) electrons. The van der Waals surface area contributed by atoms with Crippen LogP contribution in [0, 0.1) is 11.6 Å². The van der Waals surface area contributed by atoms with E-state index in [1.807, 2.05) is 30.3 Å². The van der Waals surface area contributed by atoms with Gasteiger partial charge in [-0.15, -0.1) is 0 Å². The van der Waals surface area contributed by atoms with Crippen LogP contribution in [-0.2, 0) is 34.7 Å². The maximum absolute atomic E-state index is 14.3. The topological polar surface area (TPSA) is 81.4 Å². The van der Waals surface area contributed by atoms with E-state index in [-0.39, 0.29) is 42.6 Å². The summed E-state index contributed by atoms with van der Waals surface area (Å²) in [5.74, 6) is -2.55. The van der Waals surface area contributed by atoms with Gasteiger partial charge in [0.1, 0.15) is 12.2 Å². The largest absolute Gasteiger partial charge is 0.460 e. The Kier molecular flexibility index (Phi) is 5.05. The molecule has 0 fully saturated rings. The number of hydrogen-bond donors (Lipinski definition) is 1. The van der Waals surface area contributed by atoms with Crippen molar-refractivity contribution in [2.45, 2.75) is 44.9 Å². The molecule has 0 aliphatic carbocycles. The van der Waals surface area contributed by atoms with Crippen LogP contribution in [0.2, 0.25) is 0 Å². The standard InChI is InChI=1S/C28H22F2N2O4/c1-2-28(35)12-25(33)36-14-19-20(28)10-24-26-18(13-32(24)27(19)34)16(8-15-6-4-3-5-7-15)17-9-21(29)22(30)11-23(17)31-26/h3-7,9-11,35H,2,8,12-14H2,1H3/t28-/m1/s1. The molecular weight excluding hydrogens is 466 g/mol. The molecule has 36 heavy (non-hydrogen) atoms. The van der Waals surface area contributed by atoms with Crippen molar-refractivity contribution in [1.82, 2.24) is 9.55 Å². The van der Waals surface area contributed by atoms with Crippen LogP contribution in [0.25, 0.3) is 22.3 Å². The summed E-state index contributed by atoms with van der Waals surface area (Å²) in [6, 6.07) is 13.5. The minimum absolute atomic E-state index is 0.180. The van der Waals surface area contributed by atoms with Gasteiger partial charge in [-0.25, -0.2) is 13.8 Å². The highest BCUT2D eigenvalue weighted by Crippen LogP contribution is 2.41. The molecule has 2 aliphatic rings. The van der Waals surface area contributed by atoms with Gasteiger partial charge >= 0.3 is 5.97 Å². The molecule has 0 bridgehead atoms. The van der Waals surface area contributed by atoms with Gasteiger partial charge in [0.25, 0.3) is 5.56 Å². The molecule has 0 saturated heterocycles. The summed E-state index contributed by atoms with van der Waals surface area (Å²) >= 11 is 0. The maximum Gasteiger partial charge on any atom is 0.309 e. The van der Waals surface area contributed by atoms with Gasteiger partial charge in [0.2, 0.25) is 0 Å². The van der Waals surface area contributed by atoms with Crippen LogP contribution in [-0.4, -0.2) is 20.6 Å². The van der Waals surface area contributed by atoms with Gasteiger partial charge in [0, 0.05) is 17.0 Å². The van der Waals surface area contributed by atoms with Crippen molar-refractivity contribution >= 4 is 16.9 Å². The van der Waals surface area contributed by atoms with Crippen LogP contribution in [0.3, 0.4) is 0 Å². The molecule has 1 N–H and O–H groups in total. The SMILES string of the molecule is CC[C@@]1(O)CC(=O)OCc2c1cc1n(c2=O)Cc2c-1nc1cc(F)c(F)cc1c2Cc1ccccc1. The van der Waals surface area contributed by atoms with Crippen LogP contribution < -0.4 is 5.56 Å². The van der Waals surface area contributed by atoms with E-state index in [1.54, 1.807) is 13.0 Å². The number of cyclic esters (lactones) is 1. The Labute approximate surface area is 204 Å². The first-order valence-electron chi connectivity index (χ1n) is 11.8. The van der Waals surface area contributed by atoms with Gasteiger partial charge in [0.05, 0.1) is 35.4 Å². The third kappa shape index (κ3) is 3.36. The van der Waals surface area contributed by atoms with E-state index in [0.29, 0.717) is 28.8 Å². The van der Waals surface area contributed by atoms with Gasteiger partial charge in [-0.1, -0.05) is 37.3 Å². The van der Waals surface area contributed by atoms with E-state index in [2.05, 4.69) is 4.98 Å². The lowest BCUT2D eigenvalue weighted by Gasteiger charge is -2.26. The van der Waals surface area contributed by atoms with Gasteiger partial charge in [-0.2, -0.15) is 0 Å². The molecule has 4 heterocycles. The Bertz CT molecular complexity index is 1630. The highest BCUT2D eigenvalue weighted by Gasteiger charge is 2.39. The molecule has 2 aromatic heterocycles. The molecule has 6 nitrogen and oxygen atoms in total. The number of nitrogens with zero attached hydrogens (tertiary/aromatic N) is 2. The van der Waals surface area contributed by atoms with E-state index in [4.69, 9.17) is 4.74 Å². The number of ether oxygens (including phenoxy) is 1. The fraction of sp³-hybridized carbons (Fsp3) is 0.250.